The topological polar surface area (TPSA) is 121 Å². The molecule has 0 saturated carbocycles. The lowest BCUT2D eigenvalue weighted by Gasteiger charge is -2.32. The molecule has 2 fully saturated rings. The monoisotopic (exact) mass is 631 g/mol. The zero-order valence-corrected chi connectivity index (χ0v) is 27.7. The van der Waals surface area contributed by atoms with E-state index in [0.29, 0.717) is 31.6 Å². The van der Waals surface area contributed by atoms with Gasteiger partial charge < -0.3 is 24.4 Å². The van der Waals surface area contributed by atoms with Gasteiger partial charge in [-0.15, -0.1) is 5.10 Å². The number of carbonyl (C=O) groups is 2. The molecule has 11 heteroatoms. The summed E-state index contributed by atoms with van der Waals surface area (Å²) < 4.78 is 8.68. The largest absolute Gasteiger partial charge is 0.432 e. The first-order chi connectivity index (χ1) is 21.6. The molecule has 2 amide bonds. The van der Waals surface area contributed by atoms with E-state index in [9.17, 15) is 19.5 Å². The third-order valence-corrected chi connectivity index (χ3v) is 12.7. The molecule has 6 rings (SSSR count). The second kappa shape index (κ2) is 12.4. The summed E-state index contributed by atoms with van der Waals surface area (Å²) in [6.07, 6.45) is 6.53. The standard InChI is InChI=1S/C34H45N5O5Si/c1-23-32(45(3,4)43)30(17-19-38-21-28(35-36-38)26(22-40)24-12-8-7-9-13-24)44-34(23)27-20-25(15-16-29(27)37(2)33(34)42)39-18-11-6-5-10-14-31(39)41/h7-9,12-13,15-16,20-21,23,26,30,32,40,43H,5-6,10-11,14,17-19,22H2,1-4H3/t23-,26?,30+,32-,34+/m0/s1. The van der Waals surface area contributed by atoms with Crippen LogP contribution in [0.5, 0.6) is 0 Å². The molecule has 45 heavy (non-hydrogen) atoms. The number of hydrogen-bond donors (Lipinski definition) is 2. The number of nitrogens with zero attached hydrogens (tertiary/aromatic N) is 5. The Bertz CT molecular complexity index is 1540. The Balaban J connectivity index is 1.29. The Labute approximate surface area is 266 Å². The fraction of sp³-hybridized carbons (Fsp3) is 0.529. The first kappa shape index (κ1) is 31.6. The third kappa shape index (κ3) is 5.64. The number of aryl methyl sites for hydroxylation is 1. The molecule has 2 saturated heterocycles. The van der Waals surface area contributed by atoms with Gasteiger partial charge in [-0.2, -0.15) is 0 Å². The van der Waals surface area contributed by atoms with Crippen LogP contribution in [0.4, 0.5) is 11.4 Å². The van der Waals surface area contributed by atoms with Gasteiger partial charge in [0.1, 0.15) is 0 Å². The minimum Gasteiger partial charge on any atom is -0.432 e. The van der Waals surface area contributed by atoms with E-state index in [2.05, 4.69) is 10.3 Å². The number of anilines is 2. The van der Waals surface area contributed by atoms with E-state index in [1.54, 1.807) is 16.6 Å². The second-order valence-corrected chi connectivity index (χ2v) is 17.5. The molecule has 2 N–H and O–H groups in total. The zero-order valence-electron chi connectivity index (χ0n) is 26.7. The van der Waals surface area contributed by atoms with E-state index >= 15 is 0 Å². The number of aromatic nitrogens is 3. The van der Waals surface area contributed by atoms with Gasteiger partial charge in [0.05, 0.1) is 30.0 Å². The lowest BCUT2D eigenvalue weighted by molar-refractivity contribution is -0.145. The second-order valence-electron chi connectivity index (χ2n) is 13.5. The van der Waals surface area contributed by atoms with Crippen LogP contribution in [0.25, 0.3) is 0 Å². The summed E-state index contributed by atoms with van der Waals surface area (Å²) in [6, 6.07) is 15.6. The molecule has 10 nitrogen and oxygen atoms in total. The SMILES string of the molecule is C[C@H]1[C@H]([Si](C)(C)O)[C@@H](CCn2cc(C(CO)c3ccccc3)nn2)O[C@]12C(=O)N(C)c1ccc(N3CCCCCCC3=O)cc12. The number of fused-ring (bicyclic) bond motifs is 2. The van der Waals surface area contributed by atoms with Crippen LogP contribution in [-0.2, 0) is 26.5 Å². The molecule has 3 aromatic rings. The van der Waals surface area contributed by atoms with Gasteiger partial charge in [0, 0.05) is 55.5 Å². The minimum absolute atomic E-state index is 0.0824. The molecule has 3 aliphatic heterocycles. The smallest absolute Gasteiger partial charge is 0.264 e. The molecule has 5 atom stereocenters. The van der Waals surface area contributed by atoms with Gasteiger partial charge in [-0.05, 0) is 56.1 Å². The van der Waals surface area contributed by atoms with Crippen LogP contribution >= 0.6 is 0 Å². The quantitative estimate of drug-likeness (QED) is 0.350. The highest BCUT2D eigenvalue weighted by Crippen LogP contribution is 2.59. The van der Waals surface area contributed by atoms with Crippen LogP contribution in [0, 0.1) is 5.92 Å². The molecule has 2 aromatic carbocycles. The van der Waals surface area contributed by atoms with Crippen LogP contribution in [0.15, 0.2) is 54.7 Å². The molecule has 1 aromatic heterocycles. The van der Waals surface area contributed by atoms with Crippen molar-refractivity contribution in [2.24, 2.45) is 5.92 Å². The highest BCUT2D eigenvalue weighted by Gasteiger charge is 2.65. The third-order valence-electron chi connectivity index (χ3n) is 10.2. The van der Waals surface area contributed by atoms with Gasteiger partial charge in [-0.25, -0.2) is 0 Å². The summed E-state index contributed by atoms with van der Waals surface area (Å²) >= 11 is 0. The fourth-order valence-corrected chi connectivity index (χ4v) is 10.5. The van der Waals surface area contributed by atoms with E-state index in [1.165, 1.54) is 0 Å². The summed E-state index contributed by atoms with van der Waals surface area (Å²) in [4.78, 5) is 42.5. The maximum atomic E-state index is 14.2. The van der Waals surface area contributed by atoms with Crippen molar-refractivity contribution in [3.8, 4) is 0 Å². The van der Waals surface area contributed by atoms with Crippen molar-refractivity contribution >= 4 is 31.5 Å². The van der Waals surface area contributed by atoms with Crippen molar-refractivity contribution in [1.82, 2.24) is 15.0 Å². The molecular formula is C34H45N5O5Si. The van der Waals surface area contributed by atoms with Crippen LogP contribution < -0.4 is 9.80 Å². The number of aliphatic hydroxyl groups is 1. The number of carbonyl (C=O) groups excluding carboxylic acids is 2. The lowest BCUT2D eigenvalue weighted by atomic mass is 9.82. The van der Waals surface area contributed by atoms with Crippen molar-refractivity contribution in [2.75, 3.05) is 30.0 Å². The Morgan fingerprint density at radius 2 is 1.84 bits per heavy atom. The number of aliphatic hydroxyl groups excluding tert-OH is 1. The molecule has 3 aliphatic rings. The summed E-state index contributed by atoms with van der Waals surface area (Å²) in [5.41, 5.74) is 2.53. The molecule has 4 heterocycles. The molecule has 1 unspecified atom stereocenters. The molecular weight excluding hydrogens is 586 g/mol. The number of hydrogen-bond acceptors (Lipinski definition) is 7. The molecule has 240 valence electrons. The normalized spacial score (nSPS) is 26.3. The van der Waals surface area contributed by atoms with E-state index in [-0.39, 0.29) is 35.8 Å². The first-order valence-electron chi connectivity index (χ1n) is 16.2. The number of benzene rings is 2. The number of amides is 2. The van der Waals surface area contributed by atoms with Gasteiger partial charge in [0.15, 0.2) is 13.9 Å². The number of ether oxygens (including phenoxy) is 1. The molecule has 0 bridgehead atoms. The van der Waals surface area contributed by atoms with Crippen molar-refractivity contribution in [2.45, 2.75) is 88.3 Å². The Morgan fingerprint density at radius 1 is 1.09 bits per heavy atom. The lowest BCUT2D eigenvalue weighted by Crippen LogP contribution is -2.45. The Morgan fingerprint density at radius 3 is 2.58 bits per heavy atom. The molecule has 1 spiro atoms. The van der Waals surface area contributed by atoms with Gasteiger partial charge >= 0.3 is 0 Å². The van der Waals surface area contributed by atoms with Gasteiger partial charge in [-0.1, -0.05) is 55.3 Å². The zero-order chi connectivity index (χ0) is 31.9. The van der Waals surface area contributed by atoms with Crippen molar-refractivity contribution in [3.05, 3.63) is 71.5 Å². The van der Waals surface area contributed by atoms with Crippen molar-refractivity contribution in [3.63, 3.8) is 0 Å². The first-order valence-corrected chi connectivity index (χ1v) is 19.3. The van der Waals surface area contributed by atoms with Crippen molar-refractivity contribution < 1.29 is 24.2 Å². The van der Waals surface area contributed by atoms with Crippen LogP contribution in [-0.4, -0.2) is 71.3 Å². The van der Waals surface area contributed by atoms with E-state index in [4.69, 9.17) is 4.74 Å². The van der Waals surface area contributed by atoms with Crippen molar-refractivity contribution in [1.29, 1.82) is 0 Å². The van der Waals surface area contributed by atoms with Gasteiger partial charge in [0.2, 0.25) is 5.91 Å². The van der Waals surface area contributed by atoms with Crippen LogP contribution in [0.3, 0.4) is 0 Å². The van der Waals surface area contributed by atoms with Crippen LogP contribution in [0.1, 0.15) is 68.2 Å². The average Bonchev–Trinajstić information content (AvgIpc) is 3.65. The van der Waals surface area contributed by atoms with E-state index in [0.717, 1.165) is 48.2 Å². The fourth-order valence-electron chi connectivity index (χ4n) is 7.94. The Hall–Kier alpha value is -3.38. The number of rotatable bonds is 8. The Kier molecular flexibility index (Phi) is 8.73. The summed E-state index contributed by atoms with van der Waals surface area (Å²) in [5, 5.41) is 18.8. The van der Waals surface area contributed by atoms with Gasteiger partial charge in [-0.3, -0.25) is 14.3 Å². The summed E-state index contributed by atoms with van der Waals surface area (Å²) in [6.45, 7) is 6.93. The maximum absolute atomic E-state index is 14.2. The molecule has 0 aliphatic carbocycles. The minimum atomic E-state index is -2.83. The maximum Gasteiger partial charge on any atom is 0.264 e. The summed E-state index contributed by atoms with van der Waals surface area (Å²) in [7, 11) is -1.05. The average molecular weight is 632 g/mol. The van der Waals surface area contributed by atoms with E-state index < -0.39 is 20.0 Å². The number of likely N-dealkylation sites (N-methyl/N-ethyl adjacent to an activating group) is 1. The predicted octanol–water partition coefficient (Wildman–Crippen LogP) is 4.56. The van der Waals surface area contributed by atoms with E-state index in [1.807, 2.05) is 79.6 Å². The van der Waals surface area contributed by atoms with Crippen LogP contribution in [0.2, 0.25) is 18.6 Å². The summed E-state index contributed by atoms with van der Waals surface area (Å²) in [5.74, 6) is -0.583. The van der Waals surface area contributed by atoms with Gasteiger partial charge in [0.25, 0.3) is 5.91 Å². The predicted molar refractivity (Wildman–Crippen MR) is 174 cm³/mol. The highest BCUT2D eigenvalue weighted by molar-refractivity contribution is 6.71. The molecule has 0 radical (unpaired) electrons. The highest BCUT2D eigenvalue weighted by atomic mass is 28.4.